The monoisotopic (exact) mass is 424 g/mol. The summed E-state index contributed by atoms with van der Waals surface area (Å²) >= 11 is 0. The molecular formula is C21H20N4O4S. The van der Waals surface area contributed by atoms with Gasteiger partial charge in [-0.05, 0) is 62.4 Å². The summed E-state index contributed by atoms with van der Waals surface area (Å²) in [5.74, 6) is -0.722. The zero-order valence-corrected chi connectivity index (χ0v) is 17.3. The third kappa shape index (κ3) is 2.84. The van der Waals surface area contributed by atoms with Crippen LogP contribution in [-0.2, 0) is 19.6 Å². The van der Waals surface area contributed by atoms with E-state index in [2.05, 4.69) is 14.7 Å². The third-order valence-corrected chi connectivity index (χ3v) is 7.43. The van der Waals surface area contributed by atoms with Gasteiger partial charge in [-0.1, -0.05) is 12.2 Å². The smallest absolute Gasteiger partial charge is 0.264 e. The second-order valence-electron chi connectivity index (χ2n) is 8.09. The van der Waals surface area contributed by atoms with Crippen molar-refractivity contribution < 1.29 is 18.0 Å². The van der Waals surface area contributed by atoms with E-state index in [4.69, 9.17) is 0 Å². The molecule has 154 valence electrons. The van der Waals surface area contributed by atoms with Crippen LogP contribution in [0.3, 0.4) is 0 Å². The minimum absolute atomic E-state index is 0.00252. The molecule has 2 bridgehead atoms. The summed E-state index contributed by atoms with van der Waals surface area (Å²) in [6, 6.07) is 7.48. The molecule has 2 aromatic rings. The zero-order chi connectivity index (χ0) is 21.2. The van der Waals surface area contributed by atoms with Crippen molar-refractivity contribution in [2.75, 3.05) is 9.62 Å². The Morgan fingerprint density at radius 2 is 1.47 bits per heavy atom. The van der Waals surface area contributed by atoms with Gasteiger partial charge in [-0.2, -0.15) is 0 Å². The van der Waals surface area contributed by atoms with E-state index in [1.54, 1.807) is 19.9 Å². The number of carbonyl (C=O) groups is 2. The Labute approximate surface area is 174 Å². The lowest BCUT2D eigenvalue weighted by atomic mass is 9.85. The van der Waals surface area contributed by atoms with E-state index in [-0.39, 0.29) is 46.3 Å². The Balaban J connectivity index is 1.39. The lowest BCUT2D eigenvalue weighted by Gasteiger charge is -2.17. The minimum atomic E-state index is -3.91. The van der Waals surface area contributed by atoms with Crippen LogP contribution in [0.2, 0.25) is 0 Å². The Hall–Kier alpha value is -3.07. The van der Waals surface area contributed by atoms with Gasteiger partial charge in [-0.15, -0.1) is 0 Å². The van der Waals surface area contributed by atoms with E-state index in [0.717, 1.165) is 6.42 Å². The molecule has 1 aromatic heterocycles. The number of hydrogen-bond donors (Lipinski definition) is 1. The number of rotatable bonds is 4. The van der Waals surface area contributed by atoms with Gasteiger partial charge < -0.3 is 0 Å². The van der Waals surface area contributed by atoms with Crippen LogP contribution in [0, 0.1) is 37.5 Å². The van der Waals surface area contributed by atoms with Crippen molar-refractivity contribution in [1.29, 1.82) is 0 Å². The molecule has 0 spiro atoms. The number of nitrogens with zero attached hydrogens (tertiary/aromatic N) is 3. The van der Waals surface area contributed by atoms with Gasteiger partial charge in [0.2, 0.25) is 17.8 Å². The molecule has 2 fully saturated rings. The average Bonchev–Trinajstić information content (AvgIpc) is 3.34. The van der Waals surface area contributed by atoms with Crippen molar-refractivity contribution in [2.24, 2.45) is 23.7 Å². The fourth-order valence-electron chi connectivity index (χ4n) is 4.88. The molecule has 0 unspecified atom stereocenters. The molecule has 1 saturated heterocycles. The molecule has 2 amide bonds. The first kappa shape index (κ1) is 18.9. The Morgan fingerprint density at radius 3 is 2.00 bits per heavy atom. The molecule has 5 rings (SSSR count). The van der Waals surface area contributed by atoms with Crippen molar-refractivity contribution in [3.63, 3.8) is 0 Å². The van der Waals surface area contributed by atoms with E-state index >= 15 is 0 Å². The fourth-order valence-corrected chi connectivity index (χ4v) is 5.83. The van der Waals surface area contributed by atoms with Gasteiger partial charge in [-0.25, -0.2) is 23.1 Å². The maximum atomic E-state index is 12.9. The largest absolute Gasteiger partial charge is 0.274 e. The first-order chi connectivity index (χ1) is 14.2. The summed E-state index contributed by atoms with van der Waals surface area (Å²) in [6.07, 6.45) is 4.94. The molecule has 1 aliphatic heterocycles. The summed E-state index contributed by atoms with van der Waals surface area (Å²) in [7, 11) is -3.91. The molecular weight excluding hydrogens is 404 g/mol. The number of anilines is 2. The number of benzene rings is 1. The van der Waals surface area contributed by atoms with Gasteiger partial charge in [0.25, 0.3) is 10.0 Å². The SMILES string of the molecule is Cc1cc(C)nc(NS(=O)(=O)c2ccc(N3C(=O)[C@@H]4[C@H](C3=O)[C@H]3C=C[C@@H]4C3)cc2)n1. The minimum Gasteiger partial charge on any atom is -0.274 e. The lowest BCUT2D eigenvalue weighted by molar-refractivity contribution is -0.123. The number of imide groups is 1. The third-order valence-electron chi connectivity index (χ3n) is 6.08. The number of nitrogens with one attached hydrogen (secondary N) is 1. The van der Waals surface area contributed by atoms with Crippen LogP contribution in [0.5, 0.6) is 0 Å². The van der Waals surface area contributed by atoms with Gasteiger partial charge >= 0.3 is 0 Å². The predicted octanol–water partition coefficient (Wildman–Crippen LogP) is 2.21. The molecule has 4 atom stereocenters. The van der Waals surface area contributed by atoms with Gasteiger partial charge in [0.15, 0.2) is 0 Å². The number of aromatic nitrogens is 2. The first-order valence-electron chi connectivity index (χ1n) is 9.76. The van der Waals surface area contributed by atoms with E-state index in [9.17, 15) is 18.0 Å². The Kier molecular flexibility index (Phi) is 4.08. The number of sulfonamides is 1. The van der Waals surface area contributed by atoms with Crippen molar-refractivity contribution in [3.8, 4) is 0 Å². The molecule has 0 radical (unpaired) electrons. The van der Waals surface area contributed by atoms with Crippen molar-refractivity contribution in [1.82, 2.24) is 9.97 Å². The predicted molar refractivity (Wildman–Crippen MR) is 109 cm³/mol. The van der Waals surface area contributed by atoms with Crippen LogP contribution >= 0.6 is 0 Å². The second kappa shape index (κ2) is 6.46. The number of fused-ring (bicyclic) bond motifs is 5. The fraction of sp³-hybridized carbons (Fsp3) is 0.333. The van der Waals surface area contributed by atoms with Crippen LogP contribution in [0.4, 0.5) is 11.6 Å². The molecule has 9 heteroatoms. The number of allylic oxidation sites excluding steroid dienone is 2. The van der Waals surface area contributed by atoms with Crippen LogP contribution in [-0.4, -0.2) is 30.2 Å². The lowest BCUT2D eigenvalue weighted by Crippen LogP contribution is -2.32. The van der Waals surface area contributed by atoms with Crippen LogP contribution in [0.1, 0.15) is 17.8 Å². The maximum Gasteiger partial charge on any atom is 0.264 e. The van der Waals surface area contributed by atoms with E-state index < -0.39 is 10.0 Å². The van der Waals surface area contributed by atoms with E-state index in [1.165, 1.54) is 29.2 Å². The first-order valence-corrected chi connectivity index (χ1v) is 11.2. The van der Waals surface area contributed by atoms with Gasteiger partial charge in [0.05, 0.1) is 22.4 Å². The van der Waals surface area contributed by atoms with E-state index in [1.807, 2.05) is 12.2 Å². The highest BCUT2D eigenvalue weighted by Crippen LogP contribution is 2.53. The van der Waals surface area contributed by atoms with Crippen LogP contribution in [0.25, 0.3) is 0 Å². The number of amides is 2. The quantitative estimate of drug-likeness (QED) is 0.595. The Morgan fingerprint density at radius 1 is 0.933 bits per heavy atom. The second-order valence-corrected chi connectivity index (χ2v) is 9.77. The van der Waals surface area contributed by atoms with Gasteiger partial charge in [0.1, 0.15) is 0 Å². The summed E-state index contributed by atoms with van der Waals surface area (Å²) in [4.78, 5) is 35.2. The molecule has 3 aliphatic rings. The van der Waals surface area contributed by atoms with Crippen LogP contribution in [0.15, 0.2) is 47.4 Å². The average molecular weight is 424 g/mol. The zero-order valence-electron chi connectivity index (χ0n) is 16.4. The number of carbonyl (C=O) groups excluding carboxylic acids is 2. The van der Waals surface area contributed by atoms with E-state index in [0.29, 0.717) is 17.1 Å². The number of aryl methyl sites for hydroxylation is 2. The summed E-state index contributed by atoms with van der Waals surface area (Å²) in [6.45, 7) is 3.50. The summed E-state index contributed by atoms with van der Waals surface area (Å²) in [5.41, 5.74) is 1.69. The summed E-state index contributed by atoms with van der Waals surface area (Å²) < 4.78 is 27.8. The topological polar surface area (TPSA) is 109 Å². The van der Waals surface area contributed by atoms with Crippen molar-refractivity contribution in [2.45, 2.75) is 25.2 Å². The molecule has 2 aliphatic carbocycles. The maximum absolute atomic E-state index is 12.9. The standard InChI is InChI=1S/C21H20N4O4S/c1-11-9-12(2)23-21(22-11)24-30(28,29)16-7-5-15(6-8-16)25-19(26)17-13-3-4-14(10-13)18(17)20(25)27/h3-9,13-14,17-18H,10H2,1-2H3,(H,22,23,24)/t13-,14+,17+,18-. The summed E-state index contributed by atoms with van der Waals surface area (Å²) in [5, 5.41) is 0. The van der Waals surface area contributed by atoms with Gasteiger partial charge in [-0.3, -0.25) is 14.5 Å². The van der Waals surface area contributed by atoms with Crippen LogP contribution < -0.4 is 9.62 Å². The van der Waals surface area contributed by atoms with Crippen molar-refractivity contribution >= 4 is 33.5 Å². The van der Waals surface area contributed by atoms with Gasteiger partial charge in [0, 0.05) is 11.4 Å². The normalized spacial score (nSPS) is 27.1. The van der Waals surface area contributed by atoms with Crippen molar-refractivity contribution in [3.05, 3.63) is 53.9 Å². The molecule has 1 N–H and O–H groups in total. The molecule has 1 saturated carbocycles. The molecule has 1 aromatic carbocycles. The number of hydrogen-bond acceptors (Lipinski definition) is 6. The highest BCUT2D eigenvalue weighted by Gasteiger charge is 2.59. The highest BCUT2D eigenvalue weighted by atomic mass is 32.2. The Bertz CT molecular complexity index is 1160. The molecule has 8 nitrogen and oxygen atoms in total. The molecule has 30 heavy (non-hydrogen) atoms. The molecule has 2 heterocycles. The highest BCUT2D eigenvalue weighted by molar-refractivity contribution is 7.92.